The molecule has 0 atom stereocenters. The van der Waals surface area contributed by atoms with Gasteiger partial charge in [0.2, 0.25) is 0 Å². The molecule has 0 N–H and O–H groups in total. The van der Waals surface area contributed by atoms with E-state index in [1.165, 1.54) is 0 Å². The van der Waals surface area contributed by atoms with Crippen LogP contribution in [0.25, 0.3) is 0 Å². The molecule has 0 spiro atoms. The minimum atomic E-state index is 0.0214. The Balaban J connectivity index is 2.42. The van der Waals surface area contributed by atoms with Crippen molar-refractivity contribution in [1.29, 1.82) is 0 Å². The van der Waals surface area contributed by atoms with Crippen LogP contribution in [-0.2, 0) is 0 Å². The van der Waals surface area contributed by atoms with E-state index in [1.54, 1.807) is 29.5 Å². The van der Waals surface area contributed by atoms with Gasteiger partial charge >= 0.3 is 0 Å². The first-order chi connectivity index (χ1) is 7.59. The van der Waals surface area contributed by atoms with Crippen molar-refractivity contribution in [2.45, 2.75) is 6.92 Å². The van der Waals surface area contributed by atoms with E-state index in [0.717, 1.165) is 14.9 Å². The van der Waals surface area contributed by atoms with Crippen molar-refractivity contribution >= 4 is 44.7 Å². The topological polar surface area (TPSA) is 17.1 Å². The van der Waals surface area contributed by atoms with Crippen LogP contribution in [0, 0.1) is 6.92 Å². The lowest BCUT2D eigenvalue weighted by molar-refractivity contribution is 0.103. The molecule has 2 rings (SSSR count). The molecule has 0 aliphatic carbocycles. The maximum atomic E-state index is 12.1. The molecule has 0 saturated heterocycles. The highest BCUT2D eigenvalue weighted by Crippen LogP contribution is 2.26. The molecule has 1 nitrogen and oxygen atoms in total. The van der Waals surface area contributed by atoms with Gasteiger partial charge in [-0.25, -0.2) is 0 Å². The Hall–Kier alpha value is -0.640. The average molecular weight is 316 g/mol. The number of aryl methyl sites for hydroxylation is 1. The molecule has 1 heterocycles. The van der Waals surface area contributed by atoms with Crippen molar-refractivity contribution in [3.63, 3.8) is 0 Å². The zero-order valence-corrected chi connectivity index (χ0v) is 11.6. The van der Waals surface area contributed by atoms with E-state index in [4.69, 9.17) is 11.6 Å². The number of thiophene rings is 1. The SMILES string of the molecule is Cc1sccc1C(=O)c1ccc(Br)c(Cl)c1. The van der Waals surface area contributed by atoms with E-state index >= 15 is 0 Å². The van der Waals surface area contributed by atoms with Gasteiger partial charge in [0, 0.05) is 20.5 Å². The number of hydrogen-bond donors (Lipinski definition) is 0. The van der Waals surface area contributed by atoms with Gasteiger partial charge in [-0.3, -0.25) is 4.79 Å². The van der Waals surface area contributed by atoms with Gasteiger partial charge in [0.25, 0.3) is 0 Å². The van der Waals surface area contributed by atoms with Gasteiger partial charge in [0.1, 0.15) is 0 Å². The highest BCUT2D eigenvalue weighted by molar-refractivity contribution is 9.10. The van der Waals surface area contributed by atoms with Crippen LogP contribution in [-0.4, -0.2) is 5.78 Å². The molecule has 0 bridgehead atoms. The lowest BCUT2D eigenvalue weighted by Gasteiger charge is -2.02. The van der Waals surface area contributed by atoms with E-state index in [-0.39, 0.29) is 5.78 Å². The third-order valence-corrected chi connectivity index (χ3v) is 4.36. The quantitative estimate of drug-likeness (QED) is 0.734. The molecule has 1 aromatic heterocycles. The van der Waals surface area contributed by atoms with Crippen LogP contribution in [0.15, 0.2) is 34.1 Å². The predicted octanol–water partition coefficient (Wildman–Crippen LogP) is 4.70. The zero-order chi connectivity index (χ0) is 11.7. The molecule has 2 aromatic rings. The summed E-state index contributed by atoms with van der Waals surface area (Å²) in [5.74, 6) is 0.0214. The smallest absolute Gasteiger partial charge is 0.194 e. The Morgan fingerprint density at radius 2 is 2.12 bits per heavy atom. The highest BCUT2D eigenvalue weighted by atomic mass is 79.9. The van der Waals surface area contributed by atoms with Crippen molar-refractivity contribution < 1.29 is 4.79 Å². The van der Waals surface area contributed by atoms with Crippen LogP contribution in [0.2, 0.25) is 5.02 Å². The molecular formula is C12H8BrClOS. The second kappa shape index (κ2) is 4.70. The summed E-state index contributed by atoms with van der Waals surface area (Å²) >= 11 is 10.8. The van der Waals surface area contributed by atoms with Gasteiger partial charge in [-0.2, -0.15) is 0 Å². The van der Waals surface area contributed by atoms with Crippen molar-refractivity contribution in [2.75, 3.05) is 0 Å². The standard InChI is InChI=1S/C12H8BrClOS/c1-7-9(4-5-16-7)12(15)8-2-3-10(13)11(14)6-8/h2-6H,1H3. The molecule has 4 heteroatoms. The maximum absolute atomic E-state index is 12.1. The Morgan fingerprint density at radius 3 is 2.69 bits per heavy atom. The number of carbonyl (C=O) groups excluding carboxylic acids is 1. The summed E-state index contributed by atoms with van der Waals surface area (Å²) in [7, 11) is 0. The van der Waals surface area contributed by atoms with Crippen LogP contribution in [0.4, 0.5) is 0 Å². The second-order valence-corrected chi connectivity index (χ2v) is 5.73. The molecular weight excluding hydrogens is 308 g/mol. The molecule has 0 fully saturated rings. The fraction of sp³-hybridized carbons (Fsp3) is 0.0833. The van der Waals surface area contributed by atoms with Gasteiger partial charge in [-0.05, 0) is 52.5 Å². The molecule has 0 amide bonds. The van der Waals surface area contributed by atoms with E-state index in [9.17, 15) is 4.79 Å². The first-order valence-electron chi connectivity index (χ1n) is 4.63. The molecule has 0 aliphatic heterocycles. The zero-order valence-electron chi connectivity index (χ0n) is 8.46. The Labute approximate surface area is 111 Å². The van der Waals surface area contributed by atoms with Crippen LogP contribution in [0.1, 0.15) is 20.8 Å². The summed E-state index contributed by atoms with van der Waals surface area (Å²) in [5.41, 5.74) is 1.37. The second-order valence-electron chi connectivity index (χ2n) is 3.35. The van der Waals surface area contributed by atoms with Gasteiger partial charge in [-0.1, -0.05) is 11.6 Å². The Bertz CT molecular complexity index is 548. The molecule has 1 aromatic carbocycles. The van der Waals surface area contributed by atoms with Gasteiger partial charge in [0.05, 0.1) is 5.02 Å². The highest BCUT2D eigenvalue weighted by Gasteiger charge is 2.13. The van der Waals surface area contributed by atoms with Gasteiger partial charge in [-0.15, -0.1) is 11.3 Å². The number of halogens is 2. The minimum Gasteiger partial charge on any atom is -0.289 e. The third-order valence-electron chi connectivity index (χ3n) is 2.29. The first-order valence-corrected chi connectivity index (χ1v) is 6.68. The summed E-state index contributed by atoms with van der Waals surface area (Å²) < 4.78 is 0.799. The van der Waals surface area contributed by atoms with Gasteiger partial charge < -0.3 is 0 Å². The number of carbonyl (C=O) groups is 1. The molecule has 0 unspecified atom stereocenters. The van der Waals surface area contributed by atoms with Crippen molar-refractivity contribution in [2.24, 2.45) is 0 Å². The van der Waals surface area contributed by atoms with Crippen molar-refractivity contribution in [3.05, 3.63) is 55.1 Å². The number of ketones is 1. The van der Waals surface area contributed by atoms with Crippen LogP contribution in [0.3, 0.4) is 0 Å². The van der Waals surface area contributed by atoms with Crippen LogP contribution in [0.5, 0.6) is 0 Å². The number of hydrogen-bond acceptors (Lipinski definition) is 2. The lowest BCUT2D eigenvalue weighted by Crippen LogP contribution is -2.01. The maximum Gasteiger partial charge on any atom is 0.194 e. The van der Waals surface area contributed by atoms with Crippen molar-refractivity contribution in [3.8, 4) is 0 Å². The molecule has 16 heavy (non-hydrogen) atoms. The van der Waals surface area contributed by atoms with Crippen LogP contribution >= 0.6 is 38.9 Å². The van der Waals surface area contributed by atoms with Gasteiger partial charge in [0.15, 0.2) is 5.78 Å². The normalized spacial score (nSPS) is 10.4. The number of benzene rings is 1. The fourth-order valence-corrected chi connectivity index (χ4v) is 2.54. The molecule has 82 valence electrons. The Morgan fingerprint density at radius 1 is 1.38 bits per heavy atom. The predicted molar refractivity (Wildman–Crippen MR) is 71.6 cm³/mol. The summed E-state index contributed by atoms with van der Waals surface area (Å²) in [5, 5.41) is 2.47. The number of rotatable bonds is 2. The Kier molecular flexibility index (Phi) is 3.47. The van der Waals surface area contributed by atoms with Crippen molar-refractivity contribution in [1.82, 2.24) is 0 Å². The molecule has 0 aliphatic rings. The minimum absolute atomic E-state index is 0.0214. The fourth-order valence-electron chi connectivity index (χ4n) is 1.41. The monoisotopic (exact) mass is 314 g/mol. The van der Waals surface area contributed by atoms with E-state index in [0.29, 0.717) is 10.6 Å². The molecule has 0 saturated carbocycles. The van der Waals surface area contributed by atoms with Crippen LogP contribution < -0.4 is 0 Å². The summed E-state index contributed by atoms with van der Waals surface area (Å²) in [6.07, 6.45) is 0. The van der Waals surface area contributed by atoms with E-state index < -0.39 is 0 Å². The average Bonchev–Trinajstić information content (AvgIpc) is 2.67. The van der Waals surface area contributed by atoms with E-state index in [2.05, 4.69) is 15.9 Å². The molecule has 0 radical (unpaired) electrons. The summed E-state index contributed by atoms with van der Waals surface area (Å²) in [6.45, 7) is 1.94. The largest absolute Gasteiger partial charge is 0.289 e. The first kappa shape index (κ1) is 11.8. The summed E-state index contributed by atoms with van der Waals surface area (Å²) in [4.78, 5) is 13.2. The third kappa shape index (κ3) is 2.21. The van der Waals surface area contributed by atoms with E-state index in [1.807, 2.05) is 18.4 Å². The lowest BCUT2D eigenvalue weighted by atomic mass is 10.0. The summed E-state index contributed by atoms with van der Waals surface area (Å²) in [6, 6.07) is 7.09.